The molecular formula is C10H19NO. The van der Waals surface area contributed by atoms with Crippen LogP contribution in [0.15, 0.2) is 0 Å². The molecule has 0 amide bonds. The van der Waals surface area contributed by atoms with Crippen molar-refractivity contribution in [1.82, 2.24) is 5.32 Å². The molecule has 2 fully saturated rings. The molecular weight excluding hydrogens is 150 g/mol. The van der Waals surface area contributed by atoms with Gasteiger partial charge >= 0.3 is 0 Å². The SMILES string of the molecule is C[C@@H]1NCC[C@@]2(O)CCCC[C@H]12. The van der Waals surface area contributed by atoms with E-state index >= 15 is 0 Å². The zero-order chi connectivity index (χ0) is 8.60. The van der Waals surface area contributed by atoms with Crippen LogP contribution in [0.25, 0.3) is 0 Å². The van der Waals surface area contributed by atoms with Gasteiger partial charge in [-0.1, -0.05) is 12.8 Å². The highest BCUT2D eigenvalue weighted by atomic mass is 16.3. The van der Waals surface area contributed by atoms with E-state index in [1.54, 1.807) is 0 Å². The van der Waals surface area contributed by atoms with E-state index in [-0.39, 0.29) is 5.60 Å². The largest absolute Gasteiger partial charge is 0.389 e. The van der Waals surface area contributed by atoms with Crippen LogP contribution in [-0.2, 0) is 0 Å². The molecule has 0 bridgehead atoms. The van der Waals surface area contributed by atoms with Gasteiger partial charge in [0, 0.05) is 12.0 Å². The van der Waals surface area contributed by atoms with E-state index in [4.69, 9.17) is 0 Å². The lowest BCUT2D eigenvalue weighted by Gasteiger charge is -2.47. The molecule has 1 heterocycles. The highest BCUT2D eigenvalue weighted by Gasteiger charge is 2.43. The molecule has 3 atom stereocenters. The molecule has 1 aliphatic heterocycles. The number of piperidine rings is 1. The Morgan fingerprint density at radius 2 is 2.17 bits per heavy atom. The molecule has 2 nitrogen and oxygen atoms in total. The van der Waals surface area contributed by atoms with Crippen molar-refractivity contribution in [1.29, 1.82) is 0 Å². The summed E-state index contributed by atoms with van der Waals surface area (Å²) in [6.45, 7) is 3.20. The van der Waals surface area contributed by atoms with E-state index in [2.05, 4.69) is 12.2 Å². The van der Waals surface area contributed by atoms with Gasteiger partial charge in [-0.15, -0.1) is 0 Å². The molecule has 0 unspecified atom stereocenters. The second-order valence-corrected chi connectivity index (χ2v) is 4.45. The summed E-state index contributed by atoms with van der Waals surface area (Å²) in [6, 6.07) is 0.518. The van der Waals surface area contributed by atoms with E-state index in [0.29, 0.717) is 12.0 Å². The molecule has 2 rings (SSSR count). The van der Waals surface area contributed by atoms with Gasteiger partial charge in [-0.25, -0.2) is 0 Å². The van der Waals surface area contributed by atoms with Crippen LogP contribution in [0.4, 0.5) is 0 Å². The van der Waals surface area contributed by atoms with Crippen LogP contribution in [-0.4, -0.2) is 23.3 Å². The number of fused-ring (bicyclic) bond motifs is 1. The Hall–Kier alpha value is -0.0800. The van der Waals surface area contributed by atoms with Crippen molar-refractivity contribution < 1.29 is 5.11 Å². The van der Waals surface area contributed by atoms with E-state index in [9.17, 15) is 5.11 Å². The van der Waals surface area contributed by atoms with E-state index in [1.165, 1.54) is 19.3 Å². The zero-order valence-corrected chi connectivity index (χ0v) is 7.84. The predicted molar refractivity (Wildman–Crippen MR) is 49.0 cm³/mol. The van der Waals surface area contributed by atoms with Gasteiger partial charge in [0.15, 0.2) is 0 Å². The minimum atomic E-state index is -0.317. The summed E-state index contributed by atoms with van der Waals surface area (Å²) in [7, 11) is 0. The van der Waals surface area contributed by atoms with Crippen LogP contribution in [0.3, 0.4) is 0 Å². The van der Waals surface area contributed by atoms with Gasteiger partial charge in [-0.3, -0.25) is 0 Å². The molecule has 0 aromatic carbocycles. The third kappa shape index (κ3) is 1.27. The molecule has 0 aromatic rings. The first-order valence-corrected chi connectivity index (χ1v) is 5.18. The minimum absolute atomic E-state index is 0.317. The van der Waals surface area contributed by atoms with Crippen molar-refractivity contribution in [2.45, 2.75) is 50.7 Å². The molecule has 2 N–H and O–H groups in total. The Labute approximate surface area is 74.4 Å². The minimum Gasteiger partial charge on any atom is -0.389 e. The summed E-state index contributed by atoms with van der Waals surface area (Å²) in [5, 5.41) is 13.8. The summed E-state index contributed by atoms with van der Waals surface area (Å²) in [5.74, 6) is 0.514. The fraction of sp³-hybridized carbons (Fsp3) is 1.00. The molecule has 1 saturated carbocycles. The maximum absolute atomic E-state index is 10.3. The number of hydrogen-bond donors (Lipinski definition) is 2. The van der Waals surface area contributed by atoms with Gasteiger partial charge in [0.05, 0.1) is 5.60 Å². The van der Waals surface area contributed by atoms with Gasteiger partial charge in [0.25, 0.3) is 0 Å². The first-order chi connectivity index (χ1) is 5.72. The van der Waals surface area contributed by atoms with Crippen molar-refractivity contribution in [2.24, 2.45) is 5.92 Å². The molecule has 1 saturated heterocycles. The molecule has 2 heteroatoms. The molecule has 12 heavy (non-hydrogen) atoms. The Morgan fingerprint density at radius 3 is 2.92 bits per heavy atom. The van der Waals surface area contributed by atoms with Crippen LogP contribution < -0.4 is 5.32 Å². The van der Waals surface area contributed by atoms with Crippen LogP contribution in [0.5, 0.6) is 0 Å². The van der Waals surface area contributed by atoms with Gasteiger partial charge in [0.2, 0.25) is 0 Å². The van der Waals surface area contributed by atoms with Gasteiger partial charge in [-0.2, -0.15) is 0 Å². The first-order valence-electron chi connectivity index (χ1n) is 5.18. The average molecular weight is 169 g/mol. The smallest absolute Gasteiger partial charge is 0.0702 e. The van der Waals surface area contributed by atoms with Crippen LogP contribution in [0.1, 0.15) is 39.0 Å². The third-order valence-electron chi connectivity index (χ3n) is 3.69. The maximum atomic E-state index is 10.3. The van der Waals surface area contributed by atoms with E-state index in [1.807, 2.05) is 0 Å². The lowest BCUT2D eigenvalue weighted by Crippen LogP contribution is -2.56. The number of aliphatic hydroxyl groups is 1. The summed E-state index contributed by atoms with van der Waals surface area (Å²) < 4.78 is 0. The molecule has 0 aromatic heterocycles. The Morgan fingerprint density at radius 1 is 1.33 bits per heavy atom. The second kappa shape index (κ2) is 3.00. The number of rotatable bonds is 0. The van der Waals surface area contributed by atoms with Crippen LogP contribution in [0, 0.1) is 5.92 Å². The molecule has 0 spiro atoms. The predicted octanol–water partition coefficient (Wildman–Crippen LogP) is 1.29. The Kier molecular flexibility index (Phi) is 2.13. The standard InChI is InChI=1S/C10H19NO/c1-8-9-4-2-3-5-10(9,12)6-7-11-8/h8-9,11-12H,2-7H2,1H3/t8-,9+,10-/m0/s1. The van der Waals surface area contributed by atoms with Gasteiger partial charge in [0.1, 0.15) is 0 Å². The van der Waals surface area contributed by atoms with Crippen molar-refractivity contribution in [3.05, 3.63) is 0 Å². The average Bonchev–Trinajstić information content (AvgIpc) is 2.04. The van der Waals surface area contributed by atoms with E-state index < -0.39 is 0 Å². The topological polar surface area (TPSA) is 32.3 Å². The fourth-order valence-electron chi connectivity index (χ4n) is 2.93. The molecule has 1 aliphatic carbocycles. The summed E-state index contributed by atoms with van der Waals surface area (Å²) in [4.78, 5) is 0. The summed E-state index contributed by atoms with van der Waals surface area (Å²) >= 11 is 0. The highest BCUT2D eigenvalue weighted by Crippen LogP contribution is 2.40. The lowest BCUT2D eigenvalue weighted by atomic mass is 9.68. The monoisotopic (exact) mass is 169 g/mol. The fourth-order valence-corrected chi connectivity index (χ4v) is 2.93. The zero-order valence-electron chi connectivity index (χ0n) is 7.84. The maximum Gasteiger partial charge on any atom is 0.0702 e. The highest BCUT2D eigenvalue weighted by molar-refractivity contribution is 4.98. The van der Waals surface area contributed by atoms with E-state index in [0.717, 1.165) is 19.4 Å². The lowest BCUT2D eigenvalue weighted by molar-refractivity contribution is -0.0823. The first kappa shape index (κ1) is 8.52. The normalized spacial score (nSPS) is 48.5. The number of hydrogen-bond acceptors (Lipinski definition) is 2. The second-order valence-electron chi connectivity index (χ2n) is 4.45. The molecule has 0 radical (unpaired) electrons. The van der Waals surface area contributed by atoms with Crippen molar-refractivity contribution in [3.8, 4) is 0 Å². The quantitative estimate of drug-likeness (QED) is 0.572. The van der Waals surface area contributed by atoms with Crippen molar-refractivity contribution in [2.75, 3.05) is 6.54 Å². The Bertz CT molecular complexity index is 167. The van der Waals surface area contributed by atoms with Crippen molar-refractivity contribution in [3.63, 3.8) is 0 Å². The Balaban J connectivity index is 2.12. The summed E-state index contributed by atoms with van der Waals surface area (Å²) in [6.07, 6.45) is 5.73. The molecule has 70 valence electrons. The van der Waals surface area contributed by atoms with Gasteiger partial charge < -0.3 is 10.4 Å². The van der Waals surface area contributed by atoms with Crippen molar-refractivity contribution >= 4 is 0 Å². The molecule has 2 aliphatic rings. The van der Waals surface area contributed by atoms with Gasteiger partial charge in [-0.05, 0) is 32.7 Å². The van der Waals surface area contributed by atoms with Crippen LogP contribution in [0.2, 0.25) is 0 Å². The summed E-state index contributed by atoms with van der Waals surface area (Å²) in [5.41, 5.74) is -0.317. The van der Waals surface area contributed by atoms with Crippen LogP contribution >= 0.6 is 0 Å². The third-order valence-corrected chi connectivity index (χ3v) is 3.69. The number of nitrogens with one attached hydrogen (secondary N) is 1.